The Hall–Kier alpha value is -3.56. The van der Waals surface area contributed by atoms with Gasteiger partial charge in [-0.05, 0) is 48.6 Å². The molecule has 2 saturated carbocycles. The Bertz CT molecular complexity index is 1340. The van der Waals surface area contributed by atoms with Gasteiger partial charge in [-0.15, -0.1) is 0 Å². The molecule has 0 spiro atoms. The lowest BCUT2D eigenvalue weighted by atomic mass is 9.64. The number of nitrogens with one attached hydrogen (secondary N) is 1. The maximum Gasteiger partial charge on any atom is 0.387 e. The Morgan fingerprint density at radius 3 is 2.56 bits per heavy atom. The third-order valence-electron chi connectivity index (χ3n) is 7.31. The fourth-order valence-electron chi connectivity index (χ4n) is 5.04. The number of ketones is 1. The number of hydrogen-bond acceptors (Lipinski definition) is 5. The Morgan fingerprint density at radius 1 is 1.25 bits per heavy atom. The average molecular weight is 502 g/mol. The number of amides is 1. The molecule has 2 atom stereocenters. The van der Waals surface area contributed by atoms with Gasteiger partial charge in [-0.1, -0.05) is 12.5 Å². The number of likely N-dealkylation sites (N-methyl/N-ethyl adjacent to an activating group) is 1. The van der Waals surface area contributed by atoms with E-state index in [9.17, 15) is 22.8 Å². The third kappa shape index (κ3) is 4.08. The van der Waals surface area contributed by atoms with E-state index >= 15 is 0 Å². The standard InChI is InChI=1S/C26H26F3N3O4/c1-30-24(34)26(6-3-7-26)16-4-5-19-17(12-31-32(19)13-16)14-10-21(35-2)23(22(11-14)36-25(28)29)20(33)9-15-8-18(15)27/h4-5,10-13,15,18,25H,3,6-9H2,1-2H3,(H,30,34)/t15-,18-/m0/s1. The van der Waals surface area contributed by atoms with Gasteiger partial charge < -0.3 is 14.8 Å². The van der Waals surface area contributed by atoms with E-state index in [1.165, 1.54) is 13.2 Å². The number of benzene rings is 1. The molecule has 2 heterocycles. The van der Waals surface area contributed by atoms with Crippen molar-refractivity contribution in [3.05, 3.63) is 47.8 Å². The number of halogens is 3. The van der Waals surface area contributed by atoms with E-state index in [0.29, 0.717) is 16.6 Å². The normalized spacial score (nSPS) is 20.2. The molecule has 7 nitrogen and oxygen atoms in total. The number of carbonyl (C=O) groups excluding carboxylic acids is 2. The molecule has 1 aromatic carbocycles. The first-order chi connectivity index (χ1) is 17.3. The highest BCUT2D eigenvalue weighted by atomic mass is 19.3. The van der Waals surface area contributed by atoms with Gasteiger partial charge in [-0.25, -0.2) is 8.91 Å². The minimum Gasteiger partial charge on any atom is -0.496 e. The second kappa shape index (κ2) is 9.15. The van der Waals surface area contributed by atoms with Crippen LogP contribution in [0, 0.1) is 5.92 Å². The summed E-state index contributed by atoms with van der Waals surface area (Å²) < 4.78 is 51.6. The van der Waals surface area contributed by atoms with Crippen LogP contribution in [0.5, 0.6) is 11.5 Å². The van der Waals surface area contributed by atoms with Crippen molar-refractivity contribution in [2.24, 2.45) is 5.92 Å². The molecule has 5 rings (SSSR count). The van der Waals surface area contributed by atoms with E-state index in [-0.39, 0.29) is 35.8 Å². The second-order valence-electron chi connectivity index (χ2n) is 9.39. The summed E-state index contributed by atoms with van der Waals surface area (Å²) in [6.07, 6.45) is 4.96. The number of methoxy groups -OCH3 is 1. The minimum absolute atomic E-state index is 0.0375. The van der Waals surface area contributed by atoms with E-state index in [4.69, 9.17) is 9.47 Å². The van der Waals surface area contributed by atoms with Crippen molar-refractivity contribution in [1.82, 2.24) is 14.9 Å². The molecule has 10 heteroatoms. The van der Waals surface area contributed by atoms with Crippen molar-refractivity contribution in [2.45, 2.75) is 50.3 Å². The molecule has 0 aliphatic heterocycles. The Morgan fingerprint density at radius 2 is 1.97 bits per heavy atom. The van der Waals surface area contributed by atoms with E-state index in [2.05, 4.69) is 10.4 Å². The van der Waals surface area contributed by atoms with Crippen LogP contribution in [0.1, 0.15) is 48.0 Å². The molecular formula is C26H26F3N3O4. The van der Waals surface area contributed by atoms with E-state index in [1.54, 1.807) is 23.8 Å². The van der Waals surface area contributed by atoms with Crippen LogP contribution in [0.3, 0.4) is 0 Å². The summed E-state index contributed by atoms with van der Waals surface area (Å²) >= 11 is 0. The topological polar surface area (TPSA) is 81.9 Å². The summed E-state index contributed by atoms with van der Waals surface area (Å²) in [6, 6.07) is 6.62. The number of alkyl halides is 3. The number of aromatic nitrogens is 2. The average Bonchev–Trinajstić information content (AvgIpc) is 3.34. The van der Waals surface area contributed by atoms with Crippen LogP contribution in [0.15, 0.2) is 36.7 Å². The van der Waals surface area contributed by atoms with Crippen LogP contribution in [-0.4, -0.2) is 48.2 Å². The van der Waals surface area contributed by atoms with Crippen molar-refractivity contribution in [2.75, 3.05) is 14.2 Å². The molecule has 0 radical (unpaired) electrons. The lowest BCUT2D eigenvalue weighted by molar-refractivity contribution is -0.129. The number of rotatable bonds is 9. The van der Waals surface area contributed by atoms with Crippen LogP contribution in [0.25, 0.3) is 16.6 Å². The predicted octanol–water partition coefficient (Wildman–Crippen LogP) is 4.71. The quantitative estimate of drug-likeness (QED) is 0.430. The summed E-state index contributed by atoms with van der Waals surface area (Å²) in [4.78, 5) is 25.4. The van der Waals surface area contributed by atoms with Crippen molar-refractivity contribution < 1.29 is 32.2 Å². The first-order valence-electron chi connectivity index (χ1n) is 11.8. The summed E-state index contributed by atoms with van der Waals surface area (Å²) in [7, 11) is 2.95. The molecule has 1 N–H and O–H groups in total. The van der Waals surface area contributed by atoms with Crippen molar-refractivity contribution in [3.8, 4) is 22.6 Å². The Labute approximate surface area is 205 Å². The third-order valence-corrected chi connectivity index (χ3v) is 7.31. The zero-order valence-corrected chi connectivity index (χ0v) is 19.9. The van der Waals surface area contributed by atoms with Gasteiger partial charge in [0.15, 0.2) is 5.78 Å². The fraction of sp³-hybridized carbons (Fsp3) is 0.423. The number of hydrogen-bond donors (Lipinski definition) is 1. The number of carbonyl (C=O) groups is 2. The maximum atomic E-state index is 13.4. The summed E-state index contributed by atoms with van der Waals surface area (Å²) in [5, 5.41) is 7.17. The highest BCUT2D eigenvalue weighted by Crippen LogP contribution is 2.45. The van der Waals surface area contributed by atoms with E-state index in [0.717, 1.165) is 24.8 Å². The molecule has 1 amide bonds. The highest BCUT2D eigenvalue weighted by Gasteiger charge is 2.45. The van der Waals surface area contributed by atoms with Crippen molar-refractivity contribution >= 4 is 17.2 Å². The lowest BCUT2D eigenvalue weighted by Gasteiger charge is -2.40. The molecule has 0 bridgehead atoms. The highest BCUT2D eigenvalue weighted by molar-refractivity contribution is 6.03. The molecule has 0 saturated heterocycles. The monoisotopic (exact) mass is 501 g/mol. The van der Waals surface area contributed by atoms with Gasteiger partial charge in [0.05, 0.1) is 24.2 Å². The van der Waals surface area contributed by atoms with Crippen LogP contribution in [-0.2, 0) is 10.2 Å². The minimum atomic E-state index is -3.17. The Kier molecular flexibility index (Phi) is 6.13. The molecule has 3 aromatic rings. The van der Waals surface area contributed by atoms with Crippen LogP contribution in [0.2, 0.25) is 0 Å². The van der Waals surface area contributed by atoms with Gasteiger partial charge in [0.25, 0.3) is 0 Å². The Balaban J connectivity index is 1.56. The van der Waals surface area contributed by atoms with E-state index in [1.807, 2.05) is 18.3 Å². The summed E-state index contributed by atoms with van der Waals surface area (Å²) in [5.74, 6) is -1.23. The summed E-state index contributed by atoms with van der Waals surface area (Å²) in [6.45, 7) is -3.17. The number of fused-ring (bicyclic) bond motifs is 1. The predicted molar refractivity (Wildman–Crippen MR) is 125 cm³/mol. The van der Waals surface area contributed by atoms with Crippen molar-refractivity contribution in [1.29, 1.82) is 0 Å². The van der Waals surface area contributed by atoms with Gasteiger partial charge in [0, 0.05) is 31.1 Å². The molecule has 2 aliphatic rings. The number of pyridine rings is 1. The number of nitrogens with zero attached hydrogens (tertiary/aromatic N) is 2. The van der Waals surface area contributed by atoms with Gasteiger partial charge in [-0.2, -0.15) is 13.9 Å². The van der Waals surface area contributed by atoms with Crippen molar-refractivity contribution in [3.63, 3.8) is 0 Å². The molecule has 0 unspecified atom stereocenters. The second-order valence-corrected chi connectivity index (χ2v) is 9.39. The number of ether oxygens (including phenoxy) is 2. The molecular weight excluding hydrogens is 475 g/mol. The molecule has 2 fully saturated rings. The summed E-state index contributed by atoms with van der Waals surface area (Å²) in [5.41, 5.74) is 1.87. The smallest absolute Gasteiger partial charge is 0.387 e. The van der Waals surface area contributed by atoms with Crippen LogP contribution >= 0.6 is 0 Å². The first kappa shape index (κ1) is 24.1. The fourth-order valence-corrected chi connectivity index (χ4v) is 5.04. The van der Waals surface area contributed by atoms with Gasteiger partial charge in [0.1, 0.15) is 23.2 Å². The zero-order valence-electron chi connectivity index (χ0n) is 19.9. The van der Waals surface area contributed by atoms with Gasteiger partial charge in [0.2, 0.25) is 5.91 Å². The van der Waals surface area contributed by atoms with Gasteiger partial charge >= 0.3 is 6.61 Å². The molecule has 36 heavy (non-hydrogen) atoms. The zero-order chi connectivity index (χ0) is 25.6. The van der Waals surface area contributed by atoms with Gasteiger partial charge in [-0.3, -0.25) is 9.59 Å². The molecule has 2 aliphatic carbocycles. The number of Topliss-reactive ketones (excluding diaryl/α,β-unsaturated/α-hetero) is 1. The lowest BCUT2D eigenvalue weighted by Crippen LogP contribution is -2.48. The van der Waals surface area contributed by atoms with E-state index < -0.39 is 29.9 Å². The maximum absolute atomic E-state index is 13.4. The molecule has 190 valence electrons. The van der Waals surface area contributed by atoms with Crippen LogP contribution < -0.4 is 14.8 Å². The molecule has 2 aromatic heterocycles. The van der Waals surface area contributed by atoms with Crippen LogP contribution in [0.4, 0.5) is 13.2 Å². The largest absolute Gasteiger partial charge is 0.496 e. The SMILES string of the molecule is CNC(=O)C1(c2ccc3c(-c4cc(OC)c(C(=O)C[C@@H]5C[C@@H]5F)c(OC(F)F)c4)cnn3c2)CCC1. The first-order valence-corrected chi connectivity index (χ1v) is 11.8.